The van der Waals surface area contributed by atoms with Crippen LogP contribution in [0.25, 0.3) is 21.9 Å². The predicted octanol–water partition coefficient (Wildman–Crippen LogP) is 2.56. The number of carbonyl (C=O) groups is 1. The molecule has 0 spiro atoms. The van der Waals surface area contributed by atoms with Gasteiger partial charge in [0.05, 0.1) is 29.7 Å². The number of hydrogen-bond acceptors (Lipinski definition) is 7. The highest BCUT2D eigenvalue weighted by Crippen LogP contribution is 2.32. The summed E-state index contributed by atoms with van der Waals surface area (Å²) in [6.45, 7) is 11.1. The number of aliphatic hydroxyl groups is 1. The van der Waals surface area contributed by atoms with Gasteiger partial charge in [-0.15, -0.1) is 0 Å². The summed E-state index contributed by atoms with van der Waals surface area (Å²) in [6, 6.07) is 5.40. The molecule has 0 radical (unpaired) electrons. The zero-order chi connectivity index (χ0) is 24.2. The SMILES string of the molecule is CCOCc1nc2c(N)nc3cc(OCCNC(=O)NC(C)C)ccc3c2n1CC(C)(C)O. The Morgan fingerprint density at radius 2 is 2.06 bits per heavy atom. The van der Waals surface area contributed by atoms with Gasteiger partial charge in [0.25, 0.3) is 0 Å². The van der Waals surface area contributed by atoms with Crippen LogP contribution >= 0.6 is 0 Å². The third kappa shape index (κ3) is 6.23. The number of imidazole rings is 1. The first-order valence-electron chi connectivity index (χ1n) is 11.1. The molecular weight excluding hydrogens is 424 g/mol. The lowest BCUT2D eigenvalue weighted by molar-refractivity contribution is 0.0582. The average Bonchev–Trinajstić information content (AvgIpc) is 3.06. The third-order valence-electron chi connectivity index (χ3n) is 4.81. The Bertz CT molecular complexity index is 1120. The maximum Gasteiger partial charge on any atom is 0.315 e. The molecule has 10 heteroatoms. The Kier molecular flexibility index (Phi) is 7.60. The minimum Gasteiger partial charge on any atom is -0.492 e. The Labute approximate surface area is 193 Å². The molecule has 5 N–H and O–H groups in total. The minimum atomic E-state index is -0.961. The van der Waals surface area contributed by atoms with Crippen LogP contribution in [0, 0.1) is 0 Å². The molecule has 0 unspecified atom stereocenters. The van der Waals surface area contributed by atoms with E-state index in [1.165, 1.54) is 0 Å². The number of nitrogen functional groups attached to an aromatic ring is 1. The number of benzene rings is 1. The van der Waals surface area contributed by atoms with Gasteiger partial charge in [0.15, 0.2) is 5.82 Å². The summed E-state index contributed by atoms with van der Waals surface area (Å²) in [7, 11) is 0. The van der Waals surface area contributed by atoms with Crippen molar-refractivity contribution < 1.29 is 19.4 Å². The monoisotopic (exact) mass is 458 g/mol. The fourth-order valence-electron chi connectivity index (χ4n) is 3.53. The molecule has 33 heavy (non-hydrogen) atoms. The fourth-order valence-corrected chi connectivity index (χ4v) is 3.53. The Morgan fingerprint density at radius 1 is 1.30 bits per heavy atom. The van der Waals surface area contributed by atoms with Gasteiger partial charge in [-0.1, -0.05) is 0 Å². The van der Waals surface area contributed by atoms with Gasteiger partial charge in [-0.05, 0) is 46.8 Å². The predicted molar refractivity (Wildman–Crippen MR) is 128 cm³/mol. The highest BCUT2D eigenvalue weighted by atomic mass is 16.5. The van der Waals surface area contributed by atoms with Gasteiger partial charge in [-0.2, -0.15) is 0 Å². The average molecular weight is 459 g/mol. The molecule has 0 saturated heterocycles. The van der Waals surface area contributed by atoms with Crippen molar-refractivity contribution in [1.82, 2.24) is 25.2 Å². The van der Waals surface area contributed by atoms with E-state index in [0.29, 0.717) is 61.3 Å². The van der Waals surface area contributed by atoms with Crippen LogP contribution < -0.4 is 21.1 Å². The van der Waals surface area contributed by atoms with E-state index in [1.54, 1.807) is 13.8 Å². The highest BCUT2D eigenvalue weighted by Gasteiger charge is 2.22. The van der Waals surface area contributed by atoms with Crippen molar-refractivity contribution in [3.8, 4) is 5.75 Å². The molecule has 180 valence electrons. The van der Waals surface area contributed by atoms with E-state index in [9.17, 15) is 9.90 Å². The van der Waals surface area contributed by atoms with E-state index in [2.05, 4.69) is 20.6 Å². The molecule has 10 nitrogen and oxygen atoms in total. The molecule has 2 amide bonds. The molecular formula is C23H34N6O4. The topological polar surface area (TPSA) is 137 Å². The van der Waals surface area contributed by atoms with Crippen LogP contribution in [0.2, 0.25) is 0 Å². The summed E-state index contributed by atoms with van der Waals surface area (Å²) >= 11 is 0. The number of anilines is 1. The maximum atomic E-state index is 11.7. The summed E-state index contributed by atoms with van der Waals surface area (Å²) in [5, 5.41) is 16.9. The van der Waals surface area contributed by atoms with E-state index in [0.717, 1.165) is 10.9 Å². The number of nitrogens with two attached hydrogens (primary N) is 1. The Hall–Kier alpha value is -3.11. The molecule has 3 rings (SSSR count). The van der Waals surface area contributed by atoms with Crippen LogP contribution in [0.3, 0.4) is 0 Å². The maximum absolute atomic E-state index is 11.7. The van der Waals surface area contributed by atoms with Crippen molar-refractivity contribution in [2.75, 3.05) is 25.5 Å². The molecule has 0 aliphatic heterocycles. The lowest BCUT2D eigenvalue weighted by atomic mass is 10.1. The number of urea groups is 1. The summed E-state index contributed by atoms with van der Waals surface area (Å²) < 4.78 is 13.3. The van der Waals surface area contributed by atoms with Crippen molar-refractivity contribution in [2.24, 2.45) is 0 Å². The van der Waals surface area contributed by atoms with E-state index in [1.807, 2.05) is 43.5 Å². The van der Waals surface area contributed by atoms with Crippen molar-refractivity contribution in [3.63, 3.8) is 0 Å². The molecule has 3 aromatic rings. The van der Waals surface area contributed by atoms with Crippen LogP contribution in [-0.2, 0) is 17.9 Å². The number of fused-ring (bicyclic) bond motifs is 3. The first-order valence-corrected chi connectivity index (χ1v) is 11.1. The molecule has 0 atom stereocenters. The summed E-state index contributed by atoms with van der Waals surface area (Å²) in [4.78, 5) is 20.9. The van der Waals surface area contributed by atoms with Crippen LogP contribution in [0.1, 0.15) is 40.4 Å². The molecule has 0 aliphatic carbocycles. The standard InChI is InChI=1S/C23H34N6O4/c1-6-32-12-18-28-19-20(29(18)13-23(4,5)31)16-8-7-15(11-17(16)27-21(19)24)33-10-9-25-22(30)26-14(2)3/h7-8,11,14,31H,6,9-10,12-13H2,1-5H3,(H2,24,27)(H2,25,26,30). The molecule has 2 heterocycles. The minimum absolute atomic E-state index is 0.0682. The number of aromatic nitrogens is 3. The summed E-state index contributed by atoms with van der Waals surface area (Å²) in [5.74, 6) is 1.60. The summed E-state index contributed by atoms with van der Waals surface area (Å²) in [6.07, 6.45) is 0. The molecule has 0 bridgehead atoms. The summed E-state index contributed by atoms with van der Waals surface area (Å²) in [5.41, 5.74) is 7.33. The second-order valence-corrected chi connectivity index (χ2v) is 8.84. The molecule has 0 saturated carbocycles. The normalized spacial score (nSPS) is 12.0. The van der Waals surface area contributed by atoms with Crippen molar-refractivity contribution in [2.45, 2.75) is 59.4 Å². The highest BCUT2D eigenvalue weighted by molar-refractivity contribution is 6.07. The second-order valence-electron chi connectivity index (χ2n) is 8.84. The smallest absolute Gasteiger partial charge is 0.315 e. The Morgan fingerprint density at radius 3 is 2.73 bits per heavy atom. The van der Waals surface area contributed by atoms with Crippen LogP contribution in [0.5, 0.6) is 5.75 Å². The molecule has 0 fully saturated rings. The number of carbonyl (C=O) groups excluding carboxylic acids is 1. The molecule has 0 aliphatic rings. The molecule has 1 aromatic carbocycles. The number of rotatable bonds is 10. The molecule has 2 aromatic heterocycles. The van der Waals surface area contributed by atoms with E-state index < -0.39 is 5.60 Å². The van der Waals surface area contributed by atoms with Gasteiger partial charge >= 0.3 is 6.03 Å². The van der Waals surface area contributed by atoms with Crippen LogP contribution in [-0.4, -0.2) is 57.1 Å². The third-order valence-corrected chi connectivity index (χ3v) is 4.81. The quantitative estimate of drug-likeness (QED) is 0.343. The van der Waals surface area contributed by atoms with E-state index >= 15 is 0 Å². The van der Waals surface area contributed by atoms with Gasteiger partial charge in [-0.25, -0.2) is 14.8 Å². The number of hydrogen-bond donors (Lipinski definition) is 4. The lowest BCUT2D eigenvalue weighted by Crippen LogP contribution is -2.41. The first-order chi connectivity index (χ1) is 15.6. The van der Waals surface area contributed by atoms with Crippen molar-refractivity contribution >= 4 is 33.8 Å². The van der Waals surface area contributed by atoms with Crippen molar-refractivity contribution in [1.29, 1.82) is 0 Å². The van der Waals surface area contributed by atoms with Crippen molar-refractivity contribution in [3.05, 3.63) is 24.0 Å². The largest absolute Gasteiger partial charge is 0.492 e. The Balaban J connectivity index is 1.89. The number of nitrogens with zero attached hydrogens (tertiary/aromatic N) is 3. The second kappa shape index (κ2) is 10.2. The number of ether oxygens (including phenoxy) is 2. The van der Waals surface area contributed by atoms with Gasteiger partial charge in [-0.3, -0.25) is 0 Å². The van der Waals surface area contributed by atoms with E-state index in [4.69, 9.17) is 15.2 Å². The van der Waals surface area contributed by atoms with Gasteiger partial charge in [0.1, 0.15) is 30.3 Å². The number of amides is 2. The van der Waals surface area contributed by atoms with Gasteiger partial charge in [0.2, 0.25) is 0 Å². The van der Waals surface area contributed by atoms with E-state index in [-0.39, 0.29) is 12.1 Å². The lowest BCUT2D eigenvalue weighted by Gasteiger charge is -2.20. The zero-order valence-electron chi connectivity index (χ0n) is 19.9. The fraction of sp³-hybridized carbons (Fsp3) is 0.522. The van der Waals surface area contributed by atoms with Crippen LogP contribution in [0.15, 0.2) is 18.2 Å². The van der Waals surface area contributed by atoms with Gasteiger partial charge in [0, 0.05) is 24.1 Å². The van der Waals surface area contributed by atoms with Crippen LogP contribution in [0.4, 0.5) is 10.6 Å². The zero-order valence-corrected chi connectivity index (χ0v) is 19.9. The number of nitrogens with one attached hydrogen (secondary N) is 2. The first kappa shape index (κ1) is 24.5. The van der Waals surface area contributed by atoms with Gasteiger partial charge < -0.3 is 35.5 Å². The number of pyridine rings is 1.